The van der Waals surface area contributed by atoms with Gasteiger partial charge in [-0.2, -0.15) is 0 Å². The minimum atomic E-state index is -1.00. The molecule has 4 rings (SSSR count). The molecule has 1 aliphatic heterocycles. The molecule has 0 bridgehead atoms. The fourth-order valence-electron chi connectivity index (χ4n) is 5.18. The number of amides is 2. The van der Waals surface area contributed by atoms with Gasteiger partial charge in [0.25, 0.3) is 0 Å². The topological polar surface area (TPSA) is 95.9 Å². The van der Waals surface area contributed by atoms with E-state index in [4.69, 9.17) is 4.74 Å². The van der Waals surface area contributed by atoms with Crippen LogP contribution in [-0.2, 0) is 14.3 Å². The van der Waals surface area contributed by atoms with Gasteiger partial charge in [0.2, 0.25) is 5.91 Å². The molecule has 1 heterocycles. The summed E-state index contributed by atoms with van der Waals surface area (Å²) in [6, 6.07) is 15.0. The average Bonchev–Trinajstić information content (AvgIpc) is 3.09. The molecular weight excluding hydrogens is 432 g/mol. The summed E-state index contributed by atoms with van der Waals surface area (Å²) in [5, 5.41) is 12.3. The number of likely N-dealkylation sites (tertiary alicyclic amines) is 1. The Hall–Kier alpha value is -3.35. The molecule has 0 aromatic heterocycles. The second kappa shape index (κ2) is 9.12. The Kier molecular flexibility index (Phi) is 6.39. The van der Waals surface area contributed by atoms with Crippen LogP contribution in [0, 0.1) is 11.3 Å². The summed E-state index contributed by atoms with van der Waals surface area (Å²) in [7, 11) is 0. The first-order valence-electron chi connectivity index (χ1n) is 11.7. The van der Waals surface area contributed by atoms with Crippen molar-refractivity contribution in [1.82, 2.24) is 10.2 Å². The number of benzene rings is 2. The maximum Gasteiger partial charge on any atom is 0.407 e. The van der Waals surface area contributed by atoms with Crippen molar-refractivity contribution in [2.75, 3.05) is 13.2 Å². The minimum Gasteiger partial charge on any atom is -0.480 e. The van der Waals surface area contributed by atoms with Crippen LogP contribution in [0.3, 0.4) is 0 Å². The lowest BCUT2D eigenvalue weighted by molar-refractivity contribution is -0.172. The fourth-order valence-corrected chi connectivity index (χ4v) is 5.18. The van der Waals surface area contributed by atoms with Crippen LogP contribution in [0.4, 0.5) is 4.79 Å². The van der Waals surface area contributed by atoms with Crippen LogP contribution in [0.15, 0.2) is 48.5 Å². The van der Waals surface area contributed by atoms with Crippen LogP contribution in [0.1, 0.15) is 51.2 Å². The third-order valence-corrected chi connectivity index (χ3v) is 7.03. The molecule has 7 heteroatoms. The third kappa shape index (κ3) is 4.39. The Morgan fingerprint density at radius 1 is 1.06 bits per heavy atom. The molecule has 2 aromatic rings. The molecule has 2 atom stereocenters. The summed E-state index contributed by atoms with van der Waals surface area (Å²) in [4.78, 5) is 38.5. The van der Waals surface area contributed by atoms with Crippen LogP contribution >= 0.6 is 0 Å². The summed E-state index contributed by atoms with van der Waals surface area (Å²) in [5.41, 5.74) is 4.11. The monoisotopic (exact) mass is 464 g/mol. The molecule has 34 heavy (non-hydrogen) atoms. The normalized spacial score (nSPS) is 19.1. The Bertz CT molecular complexity index is 1060. The van der Waals surface area contributed by atoms with Gasteiger partial charge >= 0.3 is 12.1 Å². The van der Waals surface area contributed by atoms with Gasteiger partial charge in [-0.25, -0.2) is 9.59 Å². The first-order valence-corrected chi connectivity index (χ1v) is 11.7. The quantitative estimate of drug-likeness (QED) is 0.638. The number of aliphatic carboxylic acids is 1. The zero-order chi connectivity index (χ0) is 24.6. The summed E-state index contributed by atoms with van der Waals surface area (Å²) < 4.78 is 5.63. The zero-order valence-electron chi connectivity index (χ0n) is 20.1. The van der Waals surface area contributed by atoms with Crippen LogP contribution in [0.5, 0.6) is 0 Å². The number of ether oxygens (including phenoxy) is 1. The van der Waals surface area contributed by atoms with E-state index >= 15 is 0 Å². The fraction of sp³-hybridized carbons (Fsp3) is 0.444. The predicted molar refractivity (Wildman–Crippen MR) is 128 cm³/mol. The van der Waals surface area contributed by atoms with E-state index in [-0.39, 0.29) is 30.8 Å². The Balaban J connectivity index is 1.38. The number of rotatable bonds is 7. The highest BCUT2D eigenvalue weighted by Crippen LogP contribution is 2.44. The molecule has 1 aliphatic carbocycles. The van der Waals surface area contributed by atoms with E-state index < -0.39 is 29.6 Å². The lowest BCUT2D eigenvalue weighted by atomic mass is 9.74. The largest absolute Gasteiger partial charge is 0.480 e. The maximum atomic E-state index is 12.8. The summed E-state index contributed by atoms with van der Waals surface area (Å²) in [5.74, 6) is -1.35. The van der Waals surface area contributed by atoms with E-state index in [2.05, 4.69) is 29.6 Å². The second-order valence-electron chi connectivity index (χ2n) is 10.3. The average molecular weight is 465 g/mol. The number of fused-ring (bicyclic) bond motifs is 3. The molecule has 1 saturated heterocycles. The minimum absolute atomic E-state index is 0.0259. The van der Waals surface area contributed by atoms with Crippen molar-refractivity contribution in [3.63, 3.8) is 0 Å². The SMILES string of the molecule is CC(C)C(CC(=O)N1CC(C)(C)C1C(=O)O)NC(=O)OCC1c2ccccc2-c2ccccc21. The Morgan fingerprint density at radius 2 is 1.62 bits per heavy atom. The molecule has 7 nitrogen and oxygen atoms in total. The number of hydrogen-bond donors (Lipinski definition) is 2. The van der Waals surface area contributed by atoms with E-state index in [0.29, 0.717) is 6.54 Å². The van der Waals surface area contributed by atoms with Gasteiger partial charge in [-0.15, -0.1) is 0 Å². The number of nitrogens with one attached hydrogen (secondary N) is 1. The zero-order valence-corrected chi connectivity index (χ0v) is 20.1. The van der Waals surface area contributed by atoms with Crippen molar-refractivity contribution in [2.24, 2.45) is 11.3 Å². The van der Waals surface area contributed by atoms with E-state index in [1.165, 1.54) is 4.90 Å². The van der Waals surface area contributed by atoms with Crippen LogP contribution in [0.25, 0.3) is 11.1 Å². The van der Waals surface area contributed by atoms with Crippen molar-refractivity contribution >= 4 is 18.0 Å². The standard InChI is InChI=1S/C27H32N2O5/c1-16(2)22(13-23(30)29-15-27(3,4)24(29)25(31)32)28-26(33)34-14-21-19-11-7-5-9-17(19)18-10-6-8-12-20(18)21/h5-12,16,21-22,24H,13-15H2,1-4H3,(H,28,33)(H,31,32). The third-order valence-electron chi connectivity index (χ3n) is 7.03. The second-order valence-corrected chi connectivity index (χ2v) is 10.3. The number of hydrogen-bond acceptors (Lipinski definition) is 4. The first-order chi connectivity index (χ1) is 16.1. The molecule has 2 unspecified atom stereocenters. The van der Waals surface area contributed by atoms with E-state index in [9.17, 15) is 19.5 Å². The highest BCUT2D eigenvalue weighted by Gasteiger charge is 2.52. The molecule has 0 radical (unpaired) electrons. The Labute approximate surface area is 200 Å². The van der Waals surface area contributed by atoms with Crippen LogP contribution in [-0.4, -0.2) is 53.2 Å². The summed E-state index contributed by atoms with van der Waals surface area (Å²) in [6.45, 7) is 8.08. The number of nitrogens with zero attached hydrogens (tertiary/aromatic N) is 1. The van der Waals surface area contributed by atoms with Gasteiger partial charge in [-0.05, 0) is 28.2 Å². The van der Waals surface area contributed by atoms with Gasteiger partial charge in [0.1, 0.15) is 12.6 Å². The first kappa shape index (κ1) is 23.8. The van der Waals surface area contributed by atoms with Crippen LogP contribution in [0.2, 0.25) is 0 Å². The van der Waals surface area contributed by atoms with Gasteiger partial charge in [0.05, 0.1) is 0 Å². The molecular formula is C27H32N2O5. The van der Waals surface area contributed by atoms with Gasteiger partial charge in [0.15, 0.2) is 0 Å². The van der Waals surface area contributed by atoms with Crippen LogP contribution < -0.4 is 5.32 Å². The van der Waals surface area contributed by atoms with Gasteiger partial charge < -0.3 is 20.1 Å². The van der Waals surface area contributed by atoms with E-state index in [0.717, 1.165) is 22.3 Å². The molecule has 2 N–H and O–H groups in total. The lowest BCUT2D eigenvalue weighted by Gasteiger charge is -2.52. The van der Waals surface area contributed by atoms with E-state index in [1.54, 1.807) is 0 Å². The smallest absolute Gasteiger partial charge is 0.407 e. The molecule has 2 aliphatic rings. The van der Waals surface area contributed by atoms with Gasteiger partial charge in [0, 0.05) is 30.3 Å². The number of carbonyl (C=O) groups is 3. The molecule has 2 amide bonds. The number of alkyl carbamates (subject to hydrolysis) is 1. The summed E-state index contributed by atoms with van der Waals surface area (Å²) >= 11 is 0. The lowest BCUT2D eigenvalue weighted by Crippen LogP contribution is -2.67. The highest BCUT2D eigenvalue weighted by molar-refractivity contribution is 5.87. The molecule has 180 valence electrons. The van der Waals surface area contributed by atoms with Crippen molar-refractivity contribution in [3.05, 3.63) is 59.7 Å². The van der Waals surface area contributed by atoms with Crippen molar-refractivity contribution in [2.45, 2.75) is 52.1 Å². The highest BCUT2D eigenvalue weighted by atomic mass is 16.5. The predicted octanol–water partition coefficient (Wildman–Crippen LogP) is 4.26. The van der Waals surface area contributed by atoms with E-state index in [1.807, 2.05) is 52.0 Å². The number of carboxylic acids is 1. The molecule has 1 fully saturated rings. The van der Waals surface area contributed by atoms with Crippen molar-refractivity contribution in [3.8, 4) is 11.1 Å². The van der Waals surface area contributed by atoms with Gasteiger partial charge in [-0.1, -0.05) is 76.2 Å². The molecule has 2 aromatic carbocycles. The number of carboxylic acid groups (broad SMARTS) is 1. The van der Waals surface area contributed by atoms with Crippen molar-refractivity contribution < 1.29 is 24.2 Å². The Morgan fingerprint density at radius 3 is 2.12 bits per heavy atom. The maximum absolute atomic E-state index is 12.8. The molecule has 0 spiro atoms. The van der Waals surface area contributed by atoms with Gasteiger partial charge in [-0.3, -0.25) is 4.79 Å². The molecule has 0 saturated carbocycles. The number of carbonyl (C=O) groups excluding carboxylic acids is 2. The summed E-state index contributed by atoms with van der Waals surface area (Å²) in [6.07, 6.45) is -0.547. The van der Waals surface area contributed by atoms with Crippen molar-refractivity contribution in [1.29, 1.82) is 0 Å².